The van der Waals surface area contributed by atoms with Gasteiger partial charge in [-0.1, -0.05) is 0 Å². The van der Waals surface area contributed by atoms with Crippen molar-refractivity contribution in [3.63, 3.8) is 0 Å². The third-order valence-electron chi connectivity index (χ3n) is 2.65. The number of hydrogen-bond acceptors (Lipinski definition) is 2. The van der Waals surface area contributed by atoms with Gasteiger partial charge in [-0.2, -0.15) is 0 Å². The maximum Gasteiger partial charge on any atom is 0.319 e. The zero-order chi connectivity index (χ0) is 10.4. The van der Waals surface area contributed by atoms with Crippen LogP contribution in [-0.4, -0.2) is 56.1 Å². The SMILES string of the molecule is CNCCN(C)C(=O)N1CCCCC1. The molecule has 0 bridgehead atoms. The second-order valence-corrected chi connectivity index (χ2v) is 3.86. The molecule has 4 nitrogen and oxygen atoms in total. The topological polar surface area (TPSA) is 35.6 Å². The number of nitrogens with one attached hydrogen (secondary N) is 1. The Bertz CT molecular complexity index is 178. The van der Waals surface area contributed by atoms with Gasteiger partial charge in [0.05, 0.1) is 0 Å². The Kier molecular flexibility index (Phi) is 4.73. The van der Waals surface area contributed by atoms with E-state index in [0.29, 0.717) is 0 Å². The average molecular weight is 199 g/mol. The van der Waals surface area contributed by atoms with Gasteiger partial charge in [0.25, 0.3) is 0 Å². The van der Waals surface area contributed by atoms with Crippen LogP contribution in [0.1, 0.15) is 19.3 Å². The molecule has 1 fully saturated rings. The van der Waals surface area contributed by atoms with Gasteiger partial charge in [-0.3, -0.25) is 0 Å². The van der Waals surface area contributed by atoms with Crippen molar-refractivity contribution in [1.82, 2.24) is 15.1 Å². The minimum absolute atomic E-state index is 0.181. The summed E-state index contributed by atoms with van der Waals surface area (Å²) in [5.74, 6) is 0. The van der Waals surface area contributed by atoms with Crippen molar-refractivity contribution in [2.45, 2.75) is 19.3 Å². The smallest absolute Gasteiger partial charge is 0.319 e. The number of urea groups is 1. The Balaban J connectivity index is 2.30. The van der Waals surface area contributed by atoms with Gasteiger partial charge < -0.3 is 15.1 Å². The van der Waals surface area contributed by atoms with Gasteiger partial charge in [0, 0.05) is 33.2 Å². The molecule has 4 heteroatoms. The van der Waals surface area contributed by atoms with Gasteiger partial charge in [-0.05, 0) is 26.3 Å². The van der Waals surface area contributed by atoms with Crippen molar-refractivity contribution in [3.8, 4) is 0 Å². The molecular formula is C10H21N3O. The number of carbonyl (C=O) groups excluding carboxylic acids is 1. The molecule has 1 heterocycles. The zero-order valence-electron chi connectivity index (χ0n) is 9.25. The summed E-state index contributed by atoms with van der Waals surface area (Å²) in [5, 5.41) is 3.04. The number of likely N-dealkylation sites (tertiary alicyclic amines) is 1. The zero-order valence-corrected chi connectivity index (χ0v) is 9.25. The van der Waals surface area contributed by atoms with Crippen LogP contribution >= 0.6 is 0 Å². The third-order valence-corrected chi connectivity index (χ3v) is 2.65. The van der Waals surface area contributed by atoms with Gasteiger partial charge in [-0.25, -0.2) is 4.79 Å². The van der Waals surface area contributed by atoms with Crippen LogP contribution in [0.2, 0.25) is 0 Å². The van der Waals surface area contributed by atoms with Gasteiger partial charge in [0.2, 0.25) is 0 Å². The molecule has 1 rings (SSSR count). The summed E-state index contributed by atoms with van der Waals surface area (Å²) < 4.78 is 0. The molecule has 0 radical (unpaired) electrons. The Labute approximate surface area is 86.2 Å². The molecule has 0 aromatic rings. The van der Waals surface area contributed by atoms with E-state index in [2.05, 4.69) is 5.32 Å². The second kappa shape index (κ2) is 5.86. The van der Waals surface area contributed by atoms with E-state index in [1.54, 1.807) is 4.90 Å². The molecule has 14 heavy (non-hydrogen) atoms. The first-order valence-corrected chi connectivity index (χ1v) is 5.40. The van der Waals surface area contributed by atoms with E-state index in [9.17, 15) is 4.79 Å². The molecular weight excluding hydrogens is 178 g/mol. The summed E-state index contributed by atoms with van der Waals surface area (Å²) in [5.41, 5.74) is 0. The van der Waals surface area contributed by atoms with Crippen molar-refractivity contribution in [2.24, 2.45) is 0 Å². The van der Waals surface area contributed by atoms with E-state index in [-0.39, 0.29) is 6.03 Å². The van der Waals surface area contributed by atoms with Crippen molar-refractivity contribution < 1.29 is 4.79 Å². The molecule has 0 atom stereocenters. The standard InChI is InChI=1S/C10H21N3O/c1-11-6-9-12(2)10(14)13-7-4-3-5-8-13/h11H,3-9H2,1-2H3. The predicted molar refractivity (Wildman–Crippen MR) is 57.4 cm³/mol. The fraction of sp³-hybridized carbons (Fsp3) is 0.900. The highest BCUT2D eigenvalue weighted by Gasteiger charge is 2.19. The van der Waals surface area contributed by atoms with Crippen molar-refractivity contribution in [1.29, 1.82) is 0 Å². The lowest BCUT2D eigenvalue weighted by atomic mass is 10.1. The summed E-state index contributed by atoms with van der Waals surface area (Å²) in [4.78, 5) is 15.6. The fourth-order valence-corrected chi connectivity index (χ4v) is 1.70. The van der Waals surface area contributed by atoms with E-state index in [1.807, 2.05) is 19.0 Å². The number of amides is 2. The van der Waals surface area contributed by atoms with E-state index in [0.717, 1.165) is 39.0 Å². The predicted octanol–water partition coefficient (Wildman–Crippen LogP) is 0.743. The lowest BCUT2D eigenvalue weighted by Crippen LogP contribution is -2.45. The van der Waals surface area contributed by atoms with Crippen LogP contribution in [0.5, 0.6) is 0 Å². The number of piperidine rings is 1. The monoisotopic (exact) mass is 199 g/mol. The number of likely N-dealkylation sites (N-methyl/N-ethyl adjacent to an activating group) is 2. The molecule has 0 aromatic heterocycles. The number of carbonyl (C=O) groups is 1. The van der Waals surface area contributed by atoms with Gasteiger partial charge in [0.15, 0.2) is 0 Å². The Morgan fingerprint density at radius 2 is 2.00 bits per heavy atom. The van der Waals surface area contributed by atoms with Crippen molar-refractivity contribution in [3.05, 3.63) is 0 Å². The van der Waals surface area contributed by atoms with Crippen molar-refractivity contribution >= 4 is 6.03 Å². The summed E-state index contributed by atoms with van der Waals surface area (Å²) >= 11 is 0. The summed E-state index contributed by atoms with van der Waals surface area (Å²) in [6.45, 7) is 3.51. The van der Waals surface area contributed by atoms with E-state index < -0.39 is 0 Å². The minimum atomic E-state index is 0.181. The van der Waals surface area contributed by atoms with Crippen LogP contribution in [-0.2, 0) is 0 Å². The molecule has 0 aliphatic carbocycles. The first-order chi connectivity index (χ1) is 6.75. The van der Waals surface area contributed by atoms with Crippen LogP contribution in [0.3, 0.4) is 0 Å². The van der Waals surface area contributed by atoms with Gasteiger partial charge in [-0.15, -0.1) is 0 Å². The molecule has 1 aliphatic rings. The first kappa shape index (κ1) is 11.3. The van der Waals surface area contributed by atoms with Crippen LogP contribution in [0.15, 0.2) is 0 Å². The molecule has 0 unspecified atom stereocenters. The summed E-state index contributed by atoms with van der Waals surface area (Å²) in [6.07, 6.45) is 3.58. The van der Waals surface area contributed by atoms with Crippen molar-refractivity contribution in [2.75, 3.05) is 40.3 Å². The normalized spacial score (nSPS) is 16.9. The van der Waals surface area contributed by atoms with Crippen LogP contribution in [0, 0.1) is 0 Å². The fourth-order valence-electron chi connectivity index (χ4n) is 1.70. The van der Waals surface area contributed by atoms with Crippen LogP contribution < -0.4 is 5.32 Å². The second-order valence-electron chi connectivity index (χ2n) is 3.86. The van der Waals surface area contributed by atoms with E-state index in [1.165, 1.54) is 6.42 Å². The summed E-state index contributed by atoms with van der Waals surface area (Å²) in [7, 11) is 3.77. The molecule has 0 saturated carbocycles. The molecule has 2 amide bonds. The highest BCUT2D eigenvalue weighted by atomic mass is 16.2. The molecule has 1 N–H and O–H groups in total. The number of hydrogen-bond donors (Lipinski definition) is 1. The maximum absolute atomic E-state index is 11.8. The Morgan fingerprint density at radius 3 is 2.57 bits per heavy atom. The largest absolute Gasteiger partial charge is 0.326 e. The van der Waals surface area contributed by atoms with Gasteiger partial charge >= 0.3 is 6.03 Å². The summed E-state index contributed by atoms with van der Waals surface area (Å²) in [6, 6.07) is 0.181. The lowest BCUT2D eigenvalue weighted by molar-refractivity contribution is 0.153. The average Bonchev–Trinajstić information content (AvgIpc) is 2.26. The Morgan fingerprint density at radius 1 is 1.36 bits per heavy atom. The first-order valence-electron chi connectivity index (χ1n) is 5.40. The van der Waals surface area contributed by atoms with Gasteiger partial charge in [0.1, 0.15) is 0 Å². The van der Waals surface area contributed by atoms with Crippen LogP contribution in [0.25, 0.3) is 0 Å². The highest BCUT2D eigenvalue weighted by molar-refractivity contribution is 5.74. The maximum atomic E-state index is 11.8. The van der Waals surface area contributed by atoms with Crippen LogP contribution in [0.4, 0.5) is 4.79 Å². The van der Waals surface area contributed by atoms with E-state index >= 15 is 0 Å². The van der Waals surface area contributed by atoms with E-state index in [4.69, 9.17) is 0 Å². The quantitative estimate of drug-likeness (QED) is 0.728. The minimum Gasteiger partial charge on any atom is -0.326 e. The Hall–Kier alpha value is -0.770. The lowest BCUT2D eigenvalue weighted by Gasteiger charge is -2.31. The number of rotatable bonds is 3. The molecule has 1 saturated heterocycles. The molecule has 0 aromatic carbocycles. The third kappa shape index (κ3) is 3.18. The molecule has 0 spiro atoms. The molecule has 82 valence electrons. The molecule has 1 aliphatic heterocycles. The number of nitrogens with zero attached hydrogens (tertiary/aromatic N) is 2. The highest BCUT2D eigenvalue weighted by Crippen LogP contribution is 2.10.